The molecule has 0 spiro atoms. The van der Waals surface area contributed by atoms with Crippen molar-refractivity contribution in [3.05, 3.63) is 65.5 Å². The zero-order valence-corrected chi connectivity index (χ0v) is 14.9. The minimum Gasteiger partial charge on any atom is -0.342 e. The standard InChI is InChI=1S/C20H20FN3O3/c1-13-7-8-15(21)9-16(13)22-18(25)10-17-20(27)24(12-19(26)23-17)11-14-5-3-2-4-6-14/h2-9,17H,10-12H2,1H3,(H,22,25)(H,23,26). The van der Waals surface area contributed by atoms with Gasteiger partial charge in [0.1, 0.15) is 11.9 Å². The highest BCUT2D eigenvalue weighted by Crippen LogP contribution is 2.17. The third kappa shape index (κ3) is 4.69. The van der Waals surface area contributed by atoms with E-state index in [0.29, 0.717) is 17.8 Å². The molecule has 1 aliphatic rings. The number of aryl methyl sites for hydroxylation is 1. The maximum Gasteiger partial charge on any atom is 0.246 e. The van der Waals surface area contributed by atoms with Crippen LogP contribution in [0.2, 0.25) is 0 Å². The number of nitrogens with zero attached hydrogens (tertiary/aromatic N) is 1. The molecule has 2 aromatic carbocycles. The molecule has 1 unspecified atom stereocenters. The summed E-state index contributed by atoms with van der Waals surface area (Å²) in [6.07, 6.45) is -0.216. The van der Waals surface area contributed by atoms with Crippen molar-refractivity contribution in [1.82, 2.24) is 10.2 Å². The van der Waals surface area contributed by atoms with E-state index in [2.05, 4.69) is 10.6 Å². The second-order valence-electron chi connectivity index (χ2n) is 6.51. The fraction of sp³-hybridized carbons (Fsp3) is 0.250. The minimum absolute atomic E-state index is 0.0468. The van der Waals surface area contributed by atoms with Gasteiger partial charge in [0.25, 0.3) is 0 Å². The molecule has 0 aliphatic carbocycles. The van der Waals surface area contributed by atoms with Crippen LogP contribution in [-0.2, 0) is 20.9 Å². The van der Waals surface area contributed by atoms with Crippen LogP contribution in [-0.4, -0.2) is 35.2 Å². The molecule has 7 heteroatoms. The summed E-state index contributed by atoms with van der Waals surface area (Å²) < 4.78 is 13.4. The predicted octanol–water partition coefficient (Wildman–Crippen LogP) is 1.99. The third-order valence-corrected chi connectivity index (χ3v) is 4.36. The number of carbonyl (C=O) groups is 3. The van der Waals surface area contributed by atoms with Gasteiger partial charge in [0.2, 0.25) is 17.7 Å². The van der Waals surface area contributed by atoms with Crippen LogP contribution < -0.4 is 10.6 Å². The van der Waals surface area contributed by atoms with Crippen molar-refractivity contribution in [3.63, 3.8) is 0 Å². The lowest BCUT2D eigenvalue weighted by atomic mass is 10.1. The Morgan fingerprint density at radius 2 is 1.96 bits per heavy atom. The van der Waals surface area contributed by atoms with Gasteiger partial charge >= 0.3 is 0 Å². The third-order valence-electron chi connectivity index (χ3n) is 4.36. The molecule has 27 heavy (non-hydrogen) atoms. The largest absolute Gasteiger partial charge is 0.342 e. The lowest BCUT2D eigenvalue weighted by Gasteiger charge is -2.32. The van der Waals surface area contributed by atoms with Crippen LogP contribution in [0.5, 0.6) is 0 Å². The summed E-state index contributed by atoms with van der Waals surface area (Å²) >= 11 is 0. The van der Waals surface area contributed by atoms with Gasteiger partial charge in [-0.15, -0.1) is 0 Å². The second kappa shape index (κ2) is 7.99. The quantitative estimate of drug-likeness (QED) is 0.846. The Hall–Kier alpha value is -3.22. The van der Waals surface area contributed by atoms with E-state index in [-0.39, 0.29) is 24.8 Å². The van der Waals surface area contributed by atoms with Gasteiger partial charge in [0, 0.05) is 12.2 Å². The number of amides is 3. The number of piperazine rings is 1. The van der Waals surface area contributed by atoms with Gasteiger partial charge in [0.15, 0.2) is 0 Å². The molecular weight excluding hydrogens is 349 g/mol. The van der Waals surface area contributed by atoms with Crippen LogP contribution in [0, 0.1) is 12.7 Å². The summed E-state index contributed by atoms with van der Waals surface area (Å²) in [6, 6.07) is 12.5. The Labute approximate surface area is 156 Å². The number of halogens is 1. The Morgan fingerprint density at radius 3 is 2.70 bits per heavy atom. The molecule has 0 radical (unpaired) electrons. The molecule has 140 valence electrons. The SMILES string of the molecule is Cc1ccc(F)cc1NC(=O)CC1NC(=O)CN(Cc2ccccc2)C1=O. The van der Waals surface area contributed by atoms with E-state index >= 15 is 0 Å². The molecule has 1 atom stereocenters. The highest BCUT2D eigenvalue weighted by molar-refractivity contribution is 6.00. The van der Waals surface area contributed by atoms with E-state index in [0.717, 1.165) is 5.56 Å². The van der Waals surface area contributed by atoms with Crippen molar-refractivity contribution in [3.8, 4) is 0 Å². The molecule has 0 saturated carbocycles. The summed E-state index contributed by atoms with van der Waals surface area (Å²) in [5.74, 6) is -1.56. The van der Waals surface area contributed by atoms with Gasteiger partial charge < -0.3 is 15.5 Å². The average molecular weight is 369 g/mol. The van der Waals surface area contributed by atoms with Crippen LogP contribution in [0.1, 0.15) is 17.5 Å². The zero-order valence-electron chi connectivity index (χ0n) is 14.9. The molecule has 2 N–H and O–H groups in total. The number of anilines is 1. The Kier molecular flexibility index (Phi) is 5.49. The monoisotopic (exact) mass is 369 g/mol. The summed E-state index contributed by atoms with van der Waals surface area (Å²) in [7, 11) is 0. The summed E-state index contributed by atoms with van der Waals surface area (Å²) in [5, 5.41) is 5.16. The van der Waals surface area contributed by atoms with Crippen molar-refractivity contribution in [2.24, 2.45) is 0 Å². The summed E-state index contributed by atoms with van der Waals surface area (Å²) in [6.45, 7) is 1.99. The van der Waals surface area contributed by atoms with Crippen molar-refractivity contribution in [2.75, 3.05) is 11.9 Å². The average Bonchev–Trinajstić information content (AvgIpc) is 2.63. The van der Waals surface area contributed by atoms with Gasteiger partial charge in [-0.05, 0) is 30.2 Å². The molecule has 6 nitrogen and oxygen atoms in total. The summed E-state index contributed by atoms with van der Waals surface area (Å²) in [5.41, 5.74) is 1.95. The molecule has 3 amide bonds. The van der Waals surface area contributed by atoms with Crippen LogP contribution in [0.3, 0.4) is 0 Å². The Morgan fingerprint density at radius 1 is 1.22 bits per heavy atom. The van der Waals surface area contributed by atoms with E-state index in [9.17, 15) is 18.8 Å². The maximum absolute atomic E-state index is 13.4. The number of benzene rings is 2. The van der Waals surface area contributed by atoms with Gasteiger partial charge in [0.05, 0.1) is 13.0 Å². The first-order chi connectivity index (χ1) is 12.9. The predicted molar refractivity (Wildman–Crippen MR) is 98.2 cm³/mol. The van der Waals surface area contributed by atoms with Crippen molar-refractivity contribution >= 4 is 23.4 Å². The number of nitrogens with one attached hydrogen (secondary N) is 2. The number of carbonyl (C=O) groups excluding carboxylic acids is 3. The van der Waals surface area contributed by atoms with Crippen LogP contribution in [0.4, 0.5) is 10.1 Å². The Bertz CT molecular complexity index is 870. The molecule has 1 saturated heterocycles. The van der Waals surface area contributed by atoms with E-state index < -0.39 is 17.8 Å². The molecule has 3 rings (SSSR count). The fourth-order valence-electron chi connectivity index (χ4n) is 2.96. The zero-order chi connectivity index (χ0) is 19.4. The second-order valence-corrected chi connectivity index (χ2v) is 6.51. The first-order valence-electron chi connectivity index (χ1n) is 8.60. The normalized spacial score (nSPS) is 16.8. The molecule has 2 aromatic rings. The van der Waals surface area contributed by atoms with Crippen molar-refractivity contribution in [2.45, 2.75) is 25.9 Å². The maximum atomic E-state index is 13.4. The van der Waals surface area contributed by atoms with Gasteiger partial charge in [-0.25, -0.2) is 4.39 Å². The Balaban J connectivity index is 1.66. The van der Waals surface area contributed by atoms with Crippen LogP contribution in [0.15, 0.2) is 48.5 Å². The van der Waals surface area contributed by atoms with Gasteiger partial charge in [-0.1, -0.05) is 36.4 Å². The first-order valence-corrected chi connectivity index (χ1v) is 8.60. The van der Waals surface area contributed by atoms with Gasteiger partial charge in [-0.3, -0.25) is 14.4 Å². The first kappa shape index (κ1) is 18.6. The smallest absolute Gasteiger partial charge is 0.246 e. The lowest BCUT2D eigenvalue weighted by Crippen LogP contribution is -2.58. The number of hydrogen-bond acceptors (Lipinski definition) is 3. The molecule has 1 heterocycles. The van der Waals surface area contributed by atoms with Crippen molar-refractivity contribution in [1.29, 1.82) is 0 Å². The van der Waals surface area contributed by atoms with E-state index in [4.69, 9.17) is 0 Å². The van der Waals surface area contributed by atoms with E-state index in [1.165, 1.54) is 17.0 Å². The van der Waals surface area contributed by atoms with Crippen molar-refractivity contribution < 1.29 is 18.8 Å². The molecule has 1 fully saturated rings. The number of rotatable bonds is 5. The molecular formula is C20H20FN3O3. The fourth-order valence-corrected chi connectivity index (χ4v) is 2.96. The molecule has 0 aromatic heterocycles. The highest BCUT2D eigenvalue weighted by Gasteiger charge is 2.34. The van der Waals surface area contributed by atoms with E-state index in [1.807, 2.05) is 30.3 Å². The van der Waals surface area contributed by atoms with Gasteiger partial charge in [-0.2, -0.15) is 0 Å². The van der Waals surface area contributed by atoms with Crippen LogP contribution in [0.25, 0.3) is 0 Å². The van der Waals surface area contributed by atoms with Crippen LogP contribution >= 0.6 is 0 Å². The van der Waals surface area contributed by atoms with E-state index in [1.54, 1.807) is 13.0 Å². The number of hydrogen-bond donors (Lipinski definition) is 2. The topological polar surface area (TPSA) is 78.5 Å². The minimum atomic E-state index is -0.941. The molecule has 1 aliphatic heterocycles. The molecule has 0 bridgehead atoms. The lowest BCUT2D eigenvalue weighted by molar-refractivity contribution is -0.145. The highest BCUT2D eigenvalue weighted by atomic mass is 19.1. The summed E-state index contributed by atoms with van der Waals surface area (Å²) in [4.78, 5) is 38.4.